The van der Waals surface area contributed by atoms with Gasteiger partial charge in [-0.3, -0.25) is 4.31 Å². The summed E-state index contributed by atoms with van der Waals surface area (Å²) in [6, 6.07) is 2.28. The highest BCUT2D eigenvalue weighted by atomic mass is 32.2. The molecule has 1 aliphatic heterocycles. The second kappa shape index (κ2) is 9.63. The van der Waals surface area contributed by atoms with E-state index >= 15 is 0 Å². The number of thiazole rings is 1. The Balaban J connectivity index is 1.55. The Morgan fingerprint density at radius 2 is 2.09 bits per heavy atom. The largest absolute Gasteiger partial charge is 0.469 e. The predicted octanol–water partition coefficient (Wildman–Crippen LogP) is 4.69. The van der Waals surface area contributed by atoms with E-state index in [4.69, 9.17) is 10.5 Å². The van der Waals surface area contributed by atoms with Crippen LogP contribution in [0.4, 0.5) is 13.2 Å². The smallest absolute Gasteiger partial charge is 0.232 e. The van der Waals surface area contributed by atoms with Gasteiger partial charge in [-0.1, -0.05) is 0 Å². The molecule has 4 rings (SSSR count). The van der Waals surface area contributed by atoms with Crippen LogP contribution in [0, 0.1) is 18.6 Å². The van der Waals surface area contributed by atoms with Crippen molar-refractivity contribution in [1.29, 1.82) is 0 Å². The van der Waals surface area contributed by atoms with Crippen molar-refractivity contribution in [2.24, 2.45) is 10.7 Å². The first-order valence-electron chi connectivity index (χ1n) is 10.1. The van der Waals surface area contributed by atoms with Gasteiger partial charge in [0, 0.05) is 29.4 Å². The molecule has 1 aromatic carbocycles. The lowest BCUT2D eigenvalue weighted by molar-refractivity contribution is 0.291. The Bertz CT molecular complexity index is 1260. The SMILES string of the molecule is Cc1csc(COc2cnc(/C(F)=C/c3cc(F)c(F)c([C@]4(C)CSN(C)C(N)=N4)c3)cn2)n1. The van der Waals surface area contributed by atoms with Crippen molar-refractivity contribution < 1.29 is 17.9 Å². The number of nitrogens with zero attached hydrogens (tertiary/aromatic N) is 5. The Kier molecular flexibility index (Phi) is 6.80. The number of nitrogens with two attached hydrogens (primary N) is 1. The van der Waals surface area contributed by atoms with Gasteiger partial charge in [-0.2, -0.15) is 0 Å². The van der Waals surface area contributed by atoms with E-state index in [0.717, 1.165) is 22.8 Å². The van der Waals surface area contributed by atoms with Crippen LogP contribution in [0.1, 0.15) is 34.4 Å². The number of ether oxygens (including phenoxy) is 1. The van der Waals surface area contributed by atoms with E-state index in [0.29, 0.717) is 5.75 Å². The third kappa shape index (κ3) is 5.17. The summed E-state index contributed by atoms with van der Waals surface area (Å²) in [6.07, 6.45) is 3.55. The summed E-state index contributed by atoms with van der Waals surface area (Å²) in [5.74, 6) is -2.18. The first kappa shape index (κ1) is 24.0. The van der Waals surface area contributed by atoms with Crippen molar-refractivity contribution in [3.63, 3.8) is 0 Å². The van der Waals surface area contributed by atoms with E-state index in [1.165, 1.54) is 41.7 Å². The van der Waals surface area contributed by atoms with Crippen LogP contribution >= 0.6 is 23.3 Å². The summed E-state index contributed by atoms with van der Waals surface area (Å²) in [5.41, 5.74) is 5.70. The maximum atomic E-state index is 14.9. The molecule has 0 spiro atoms. The van der Waals surface area contributed by atoms with E-state index < -0.39 is 23.0 Å². The number of guanidine groups is 1. The molecular formula is C22H21F3N6OS2. The number of benzene rings is 1. The molecule has 3 aromatic rings. The van der Waals surface area contributed by atoms with Crippen LogP contribution in [0.25, 0.3) is 11.9 Å². The zero-order valence-electron chi connectivity index (χ0n) is 18.6. The van der Waals surface area contributed by atoms with Crippen LogP contribution in [0.3, 0.4) is 0 Å². The van der Waals surface area contributed by atoms with Gasteiger partial charge >= 0.3 is 0 Å². The molecule has 0 amide bonds. The number of aliphatic imine (C=N–C) groups is 1. The minimum atomic E-state index is -1.11. The van der Waals surface area contributed by atoms with Gasteiger partial charge in [0.25, 0.3) is 0 Å². The third-order valence-corrected chi connectivity index (χ3v) is 7.24. The predicted molar refractivity (Wildman–Crippen MR) is 128 cm³/mol. The van der Waals surface area contributed by atoms with E-state index in [1.807, 2.05) is 12.3 Å². The molecule has 1 aliphatic rings. The average Bonchev–Trinajstić information content (AvgIpc) is 3.23. The van der Waals surface area contributed by atoms with Crippen LogP contribution in [0.15, 0.2) is 34.9 Å². The minimum absolute atomic E-state index is 0.0117. The summed E-state index contributed by atoms with van der Waals surface area (Å²) in [4.78, 5) is 16.7. The Hall–Kier alpha value is -3.12. The Morgan fingerprint density at radius 1 is 1.29 bits per heavy atom. The number of hydrogen-bond donors (Lipinski definition) is 1. The van der Waals surface area contributed by atoms with Crippen molar-refractivity contribution in [3.8, 4) is 5.88 Å². The van der Waals surface area contributed by atoms with Gasteiger partial charge in [-0.15, -0.1) is 11.3 Å². The fraction of sp³-hybridized carbons (Fsp3) is 0.273. The molecule has 1 atom stereocenters. The fourth-order valence-electron chi connectivity index (χ4n) is 3.21. The number of aryl methyl sites for hydroxylation is 1. The molecule has 0 saturated carbocycles. The fourth-order valence-corrected chi connectivity index (χ4v) is 4.73. The van der Waals surface area contributed by atoms with Gasteiger partial charge < -0.3 is 10.5 Å². The molecule has 0 saturated heterocycles. The molecule has 0 radical (unpaired) electrons. The van der Waals surface area contributed by atoms with Crippen molar-refractivity contribution in [3.05, 3.63) is 69.1 Å². The van der Waals surface area contributed by atoms with Gasteiger partial charge in [0.15, 0.2) is 17.5 Å². The normalized spacial score (nSPS) is 18.7. The number of aromatic nitrogens is 3. The zero-order valence-corrected chi connectivity index (χ0v) is 20.2. The van der Waals surface area contributed by atoms with Crippen molar-refractivity contribution in [2.75, 3.05) is 12.8 Å². The zero-order chi connectivity index (χ0) is 24.5. The second-order valence-corrected chi connectivity index (χ2v) is 9.82. The molecule has 34 heavy (non-hydrogen) atoms. The molecule has 0 fully saturated rings. The lowest BCUT2D eigenvalue weighted by Crippen LogP contribution is -2.40. The second-order valence-electron chi connectivity index (χ2n) is 7.78. The summed E-state index contributed by atoms with van der Waals surface area (Å²) < 4.78 is 51.1. The molecular weight excluding hydrogens is 485 g/mol. The maximum absolute atomic E-state index is 14.9. The van der Waals surface area contributed by atoms with Gasteiger partial charge in [0.05, 0.1) is 12.4 Å². The molecule has 178 valence electrons. The Labute approximate surface area is 202 Å². The summed E-state index contributed by atoms with van der Waals surface area (Å²) in [7, 11) is 1.73. The van der Waals surface area contributed by atoms with Crippen molar-refractivity contribution in [1.82, 2.24) is 19.3 Å². The summed E-state index contributed by atoms with van der Waals surface area (Å²) >= 11 is 2.79. The monoisotopic (exact) mass is 506 g/mol. The van der Waals surface area contributed by atoms with Crippen LogP contribution in [-0.2, 0) is 12.1 Å². The average molecular weight is 507 g/mol. The van der Waals surface area contributed by atoms with E-state index in [1.54, 1.807) is 18.3 Å². The highest BCUT2D eigenvalue weighted by molar-refractivity contribution is 7.97. The van der Waals surface area contributed by atoms with Crippen LogP contribution < -0.4 is 10.5 Å². The van der Waals surface area contributed by atoms with Crippen molar-refractivity contribution >= 4 is 41.1 Å². The van der Waals surface area contributed by atoms with Gasteiger partial charge in [0.2, 0.25) is 11.8 Å². The highest BCUT2D eigenvalue weighted by Crippen LogP contribution is 2.37. The first-order chi connectivity index (χ1) is 16.1. The molecule has 7 nitrogen and oxygen atoms in total. The summed E-state index contributed by atoms with van der Waals surface area (Å²) in [5, 5.41) is 2.69. The topological polar surface area (TPSA) is 89.5 Å². The van der Waals surface area contributed by atoms with E-state index in [2.05, 4.69) is 19.9 Å². The van der Waals surface area contributed by atoms with E-state index in [9.17, 15) is 13.2 Å². The quantitative estimate of drug-likeness (QED) is 0.485. The van der Waals surface area contributed by atoms with Gasteiger partial charge in [-0.05, 0) is 49.6 Å². The van der Waals surface area contributed by atoms with Gasteiger partial charge in [0.1, 0.15) is 22.8 Å². The molecule has 2 aromatic heterocycles. The lowest BCUT2D eigenvalue weighted by Gasteiger charge is -2.34. The number of halogens is 3. The maximum Gasteiger partial charge on any atom is 0.232 e. The van der Waals surface area contributed by atoms with Gasteiger partial charge in [-0.25, -0.2) is 33.1 Å². The number of rotatable bonds is 6. The van der Waals surface area contributed by atoms with Crippen LogP contribution in [-0.4, -0.2) is 38.0 Å². The van der Waals surface area contributed by atoms with Crippen molar-refractivity contribution in [2.45, 2.75) is 26.0 Å². The summed E-state index contributed by atoms with van der Waals surface area (Å²) in [6.45, 7) is 3.76. The van der Waals surface area contributed by atoms with E-state index in [-0.39, 0.29) is 35.3 Å². The van der Waals surface area contributed by atoms with Crippen LogP contribution in [0.2, 0.25) is 0 Å². The molecule has 0 unspecified atom stereocenters. The molecule has 3 heterocycles. The Morgan fingerprint density at radius 3 is 2.74 bits per heavy atom. The highest BCUT2D eigenvalue weighted by Gasteiger charge is 2.35. The minimum Gasteiger partial charge on any atom is -0.469 e. The third-order valence-electron chi connectivity index (χ3n) is 5.03. The molecule has 12 heteroatoms. The first-order valence-corrected chi connectivity index (χ1v) is 11.9. The van der Waals surface area contributed by atoms with Crippen LogP contribution in [0.5, 0.6) is 5.88 Å². The lowest BCUT2D eigenvalue weighted by atomic mass is 9.92. The number of hydrogen-bond acceptors (Lipinski definition) is 9. The molecule has 2 N–H and O–H groups in total. The standard InChI is InChI=1S/C22H21F3N6OS2/c1-12-10-33-19(29-12)9-32-18-8-27-17(7-28-18)15(23)5-13-4-14(20(25)16(24)6-13)22(2)11-34-31(3)21(26)30-22/h4-8,10H,9,11H2,1-3H3,(H2,26,30)/b15-5-/t22-/m0/s1. The molecule has 0 bridgehead atoms. The molecule has 0 aliphatic carbocycles.